The van der Waals surface area contributed by atoms with Gasteiger partial charge in [0, 0.05) is 19.8 Å². The molecule has 0 aromatic carbocycles. The highest BCUT2D eigenvalue weighted by molar-refractivity contribution is 6.00. The molecule has 2 aromatic heterocycles. The number of rotatable bonds is 3. The molecule has 1 saturated heterocycles. The molecule has 0 saturated carbocycles. The summed E-state index contributed by atoms with van der Waals surface area (Å²) in [5, 5.41) is 6.79. The Morgan fingerprint density at radius 3 is 2.78 bits per heavy atom. The van der Waals surface area contributed by atoms with Gasteiger partial charge >= 0.3 is 6.18 Å². The van der Waals surface area contributed by atoms with Crippen LogP contribution < -0.4 is 10.2 Å². The van der Waals surface area contributed by atoms with Gasteiger partial charge in [-0.15, -0.1) is 0 Å². The van der Waals surface area contributed by atoms with Crippen LogP contribution in [0, 0.1) is 0 Å². The van der Waals surface area contributed by atoms with Gasteiger partial charge in [-0.25, -0.2) is 4.98 Å². The highest BCUT2D eigenvalue weighted by Crippen LogP contribution is 2.29. The summed E-state index contributed by atoms with van der Waals surface area (Å²) in [5.41, 5.74) is -0.323. The lowest BCUT2D eigenvalue weighted by atomic mass is 10.2. The van der Waals surface area contributed by atoms with Gasteiger partial charge in [0.15, 0.2) is 0 Å². The Kier molecular flexibility index (Phi) is 3.70. The summed E-state index contributed by atoms with van der Waals surface area (Å²) >= 11 is 0. The third-order valence-corrected chi connectivity index (χ3v) is 3.57. The van der Waals surface area contributed by atoms with Crippen LogP contribution in [0.2, 0.25) is 0 Å². The minimum absolute atomic E-state index is 0.0335. The average Bonchev–Trinajstić information content (AvgIpc) is 3.06. The molecule has 3 heterocycles. The number of pyridine rings is 1. The van der Waals surface area contributed by atoms with Crippen molar-refractivity contribution in [1.82, 2.24) is 14.8 Å². The number of aromatic nitrogens is 3. The van der Waals surface area contributed by atoms with E-state index in [2.05, 4.69) is 15.4 Å². The number of anilines is 2. The molecule has 1 amide bonds. The third-order valence-electron chi connectivity index (χ3n) is 3.57. The Labute approximate surface area is 129 Å². The van der Waals surface area contributed by atoms with E-state index >= 15 is 0 Å². The minimum Gasteiger partial charge on any atom is -0.358 e. The van der Waals surface area contributed by atoms with E-state index < -0.39 is 17.9 Å². The van der Waals surface area contributed by atoms with Crippen LogP contribution in [0.1, 0.15) is 12.1 Å². The second-order valence-electron chi connectivity index (χ2n) is 5.25. The first-order valence-electron chi connectivity index (χ1n) is 6.95. The summed E-state index contributed by atoms with van der Waals surface area (Å²) in [5.74, 6) is -0.177. The molecule has 6 nitrogen and oxygen atoms in total. The lowest BCUT2D eigenvalue weighted by Crippen LogP contribution is -2.33. The van der Waals surface area contributed by atoms with Crippen molar-refractivity contribution in [2.75, 3.05) is 16.8 Å². The van der Waals surface area contributed by atoms with E-state index in [-0.39, 0.29) is 11.7 Å². The highest BCUT2D eigenvalue weighted by atomic mass is 19.4. The molecule has 2 aromatic rings. The molecule has 23 heavy (non-hydrogen) atoms. The van der Waals surface area contributed by atoms with Crippen molar-refractivity contribution < 1.29 is 18.0 Å². The van der Waals surface area contributed by atoms with Crippen LogP contribution in [-0.4, -0.2) is 33.3 Å². The molecule has 0 radical (unpaired) electrons. The zero-order valence-corrected chi connectivity index (χ0v) is 12.2. The van der Waals surface area contributed by atoms with E-state index in [0.717, 1.165) is 6.07 Å². The first-order valence-corrected chi connectivity index (χ1v) is 6.95. The van der Waals surface area contributed by atoms with Gasteiger partial charge in [-0.3, -0.25) is 9.48 Å². The molecule has 1 N–H and O–H groups in total. The topological polar surface area (TPSA) is 63.1 Å². The molecular weight excluding hydrogens is 311 g/mol. The molecule has 9 heteroatoms. The van der Waals surface area contributed by atoms with Gasteiger partial charge in [0.1, 0.15) is 17.6 Å². The summed E-state index contributed by atoms with van der Waals surface area (Å²) < 4.78 is 39.6. The second-order valence-corrected chi connectivity index (χ2v) is 5.25. The predicted molar refractivity (Wildman–Crippen MR) is 76.8 cm³/mol. The van der Waals surface area contributed by atoms with Crippen LogP contribution in [0.5, 0.6) is 0 Å². The zero-order chi connectivity index (χ0) is 16.6. The Hall–Kier alpha value is -2.58. The van der Waals surface area contributed by atoms with Crippen molar-refractivity contribution in [2.45, 2.75) is 18.6 Å². The Bertz CT molecular complexity index is 727. The SMILES string of the molecule is Cn1cc(N2CCC(Nc3cccc(C(F)(F)F)n3)C2=O)cn1. The number of halogens is 3. The van der Waals surface area contributed by atoms with Crippen LogP contribution in [0.15, 0.2) is 30.6 Å². The van der Waals surface area contributed by atoms with Gasteiger partial charge in [0.05, 0.1) is 11.9 Å². The number of hydrogen-bond acceptors (Lipinski definition) is 4. The Morgan fingerprint density at radius 1 is 1.35 bits per heavy atom. The first kappa shape index (κ1) is 15.3. The van der Waals surface area contributed by atoms with E-state index in [1.54, 1.807) is 29.0 Å². The van der Waals surface area contributed by atoms with Crippen molar-refractivity contribution in [1.29, 1.82) is 0 Å². The molecule has 0 bridgehead atoms. The molecular formula is C14H14F3N5O. The number of nitrogens with one attached hydrogen (secondary N) is 1. The largest absolute Gasteiger partial charge is 0.433 e. The molecule has 3 rings (SSSR count). The molecule has 1 atom stereocenters. The third kappa shape index (κ3) is 3.13. The number of carbonyl (C=O) groups excluding carboxylic acids is 1. The second kappa shape index (κ2) is 5.56. The van der Waals surface area contributed by atoms with E-state index in [4.69, 9.17) is 0 Å². The number of aryl methyl sites for hydroxylation is 1. The molecule has 1 aliphatic rings. The minimum atomic E-state index is -4.51. The van der Waals surface area contributed by atoms with Gasteiger partial charge in [-0.2, -0.15) is 18.3 Å². The molecule has 1 unspecified atom stereocenters. The monoisotopic (exact) mass is 325 g/mol. The van der Waals surface area contributed by atoms with Crippen LogP contribution in [-0.2, 0) is 18.0 Å². The van der Waals surface area contributed by atoms with Gasteiger partial charge in [0.25, 0.3) is 0 Å². The van der Waals surface area contributed by atoms with Crippen LogP contribution in [0.4, 0.5) is 24.7 Å². The van der Waals surface area contributed by atoms with Crippen molar-refractivity contribution in [2.24, 2.45) is 7.05 Å². The van der Waals surface area contributed by atoms with E-state index in [1.165, 1.54) is 12.1 Å². The molecule has 1 fully saturated rings. The lowest BCUT2D eigenvalue weighted by molar-refractivity contribution is -0.141. The predicted octanol–water partition coefficient (Wildman–Crippen LogP) is 2.05. The van der Waals surface area contributed by atoms with E-state index in [0.29, 0.717) is 18.7 Å². The average molecular weight is 325 g/mol. The number of alkyl halides is 3. The summed E-state index contributed by atoms with van der Waals surface area (Å²) in [6.45, 7) is 0.473. The maximum atomic E-state index is 12.7. The van der Waals surface area contributed by atoms with Gasteiger partial charge in [-0.1, -0.05) is 6.07 Å². The normalized spacial score (nSPS) is 18.5. The summed E-state index contributed by atoms with van der Waals surface area (Å²) in [6, 6.07) is 2.96. The van der Waals surface area contributed by atoms with Crippen molar-refractivity contribution >= 4 is 17.4 Å². The standard InChI is InChI=1S/C14H14F3N5O/c1-21-8-9(7-18-21)22-6-5-10(13(22)23)19-12-4-2-3-11(20-12)14(15,16)17/h2-4,7-8,10H,5-6H2,1H3,(H,19,20). The van der Waals surface area contributed by atoms with Crippen LogP contribution in [0.25, 0.3) is 0 Å². The lowest BCUT2D eigenvalue weighted by Gasteiger charge is -2.16. The van der Waals surface area contributed by atoms with Gasteiger partial charge in [-0.05, 0) is 18.6 Å². The Balaban J connectivity index is 1.73. The summed E-state index contributed by atoms with van der Waals surface area (Å²) in [6.07, 6.45) is -0.754. The summed E-state index contributed by atoms with van der Waals surface area (Å²) in [4.78, 5) is 17.5. The zero-order valence-electron chi connectivity index (χ0n) is 12.2. The van der Waals surface area contributed by atoms with Crippen LogP contribution >= 0.6 is 0 Å². The molecule has 0 spiro atoms. The first-order chi connectivity index (χ1) is 10.8. The number of nitrogens with zero attached hydrogens (tertiary/aromatic N) is 4. The fourth-order valence-corrected chi connectivity index (χ4v) is 2.47. The molecule has 122 valence electrons. The fourth-order valence-electron chi connectivity index (χ4n) is 2.47. The Morgan fingerprint density at radius 2 is 2.13 bits per heavy atom. The van der Waals surface area contributed by atoms with Crippen molar-refractivity contribution in [3.63, 3.8) is 0 Å². The van der Waals surface area contributed by atoms with Crippen molar-refractivity contribution in [3.05, 3.63) is 36.3 Å². The fraction of sp³-hybridized carbons (Fsp3) is 0.357. The van der Waals surface area contributed by atoms with Crippen LogP contribution in [0.3, 0.4) is 0 Å². The van der Waals surface area contributed by atoms with Gasteiger partial charge < -0.3 is 10.2 Å². The number of hydrogen-bond donors (Lipinski definition) is 1. The molecule has 0 aliphatic carbocycles. The van der Waals surface area contributed by atoms with Crippen molar-refractivity contribution in [3.8, 4) is 0 Å². The summed E-state index contributed by atoms with van der Waals surface area (Å²) in [7, 11) is 1.74. The number of amides is 1. The number of carbonyl (C=O) groups is 1. The smallest absolute Gasteiger partial charge is 0.358 e. The van der Waals surface area contributed by atoms with Gasteiger partial charge in [0.2, 0.25) is 5.91 Å². The maximum absolute atomic E-state index is 12.7. The van der Waals surface area contributed by atoms with E-state index in [9.17, 15) is 18.0 Å². The highest BCUT2D eigenvalue weighted by Gasteiger charge is 2.35. The quantitative estimate of drug-likeness (QED) is 0.938. The molecule has 1 aliphatic heterocycles. The maximum Gasteiger partial charge on any atom is 0.433 e. The van der Waals surface area contributed by atoms with E-state index in [1.807, 2.05) is 0 Å².